The van der Waals surface area contributed by atoms with E-state index >= 15 is 0 Å². The fourth-order valence-corrected chi connectivity index (χ4v) is 3.87. The number of ether oxygens (including phenoxy) is 1. The van der Waals surface area contributed by atoms with Gasteiger partial charge in [0.05, 0.1) is 5.02 Å². The number of aryl methyl sites for hydroxylation is 2. The first-order chi connectivity index (χ1) is 14.9. The molecule has 4 aromatic rings. The van der Waals surface area contributed by atoms with Gasteiger partial charge in [0.1, 0.15) is 11.3 Å². The number of nitrogens with zero attached hydrogens (tertiary/aromatic N) is 1. The highest BCUT2D eigenvalue weighted by molar-refractivity contribution is 6.32. The van der Waals surface area contributed by atoms with Crippen LogP contribution in [0.15, 0.2) is 59.0 Å². The number of carbonyl (C=O) groups is 1. The smallest absolute Gasteiger partial charge is 0.262 e. The maximum atomic E-state index is 12.3. The van der Waals surface area contributed by atoms with Gasteiger partial charge in [-0.05, 0) is 66.9 Å². The fraction of sp³-hybridized carbons (Fsp3) is 0.167. The number of carbonyl (C=O) groups excluding carboxylic acids is 1. The van der Waals surface area contributed by atoms with Crippen LogP contribution in [0.25, 0.3) is 11.1 Å². The van der Waals surface area contributed by atoms with E-state index in [-0.39, 0.29) is 12.5 Å². The normalized spacial score (nSPS) is 11.0. The molecule has 4 rings (SSSR count). The number of anilines is 1. The monoisotopic (exact) mass is 454 g/mol. The summed E-state index contributed by atoms with van der Waals surface area (Å²) in [7, 11) is 0. The summed E-state index contributed by atoms with van der Waals surface area (Å²) in [6, 6.07) is 16.6. The molecule has 31 heavy (non-hydrogen) atoms. The molecule has 0 aliphatic heterocycles. The van der Waals surface area contributed by atoms with Crippen LogP contribution in [0.1, 0.15) is 22.6 Å². The number of fused-ring (bicyclic) bond motifs is 1. The molecule has 0 atom stereocenters. The van der Waals surface area contributed by atoms with Gasteiger partial charge in [0.25, 0.3) is 5.91 Å². The standard InChI is InChI=1S/C24H20Cl2N2O3/c1-14-9-15(2)24(19(26)10-14)30-13-22(29)27-18-6-3-16(4-7-18)11-23-28-20-12-17(25)5-8-21(20)31-23/h3-10,12H,11,13H2,1-2H3,(H,27,29). The lowest BCUT2D eigenvalue weighted by atomic mass is 10.1. The Morgan fingerprint density at radius 2 is 1.84 bits per heavy atom. The molecule has 0 unspecified atom stereocenters. The second-order valence-corrected chi connectivity index (χ2v) is 8.17. The lowest BCUT2D eigenvalue weighted by Gasteiger charge is -2.12. The molecule has 0 radical (unpaired) electrons. The Labute approximate surface area is 189 Å². The lowest BCUT2D eigenvalue weighted by Crippen LogP contribution is -2.20. The maximum absolute atomic E-state index is 12.3. The van der Waals surface area contributed by atoms with Gasteiger partial charge in [0.2, 0.25) is 0 Å². The molecule has 0 fully saturated rings. The number of amides is 1. The number of hydrogen-bond donors (Lipinski definition) is 1. The van der Waals surface area contributed by atoms with E-state index in [2.05, 4.69) is 10.3 Å². The summed E-state index contributed by atoms with van der Waals surface area (Å²) in [4.78, 5) is 16.7. The van der Waals surface area contributed by atoms with Crippen molar-refractivity contribution in [3.05, 3.63) is 87.2 Å². The van der Waals surface area contributed by atoms with Crippen LogP contribution in [0.4, 0.5) is 5.69 Å². The minimum Gasteiger partial charge on any atom is -0.482 e. The van der Waals surface area contributed by atoms with E-state index < -0.39 is 0 Å². The maximum Gasteiger partial charge on any atom is 0.262 e. The molecule has 1 N–H and O–H groups in total. The highest BCUT2D eigenvalue weighted by Gasteiger charge is 2.11. The first kappa shape index (κ1) is 21.2. The van der Waals surface area contributed by atoms with Crippen molar-refractivity contribution < 1.29 is 13.9 Å². The SMILES string of the molecule is Cc1cc(C)c(OCC(=O)Nc2ccc(Cc3nc4cc(Cl)ccc4o3)cc2)c(Cl)c1. The number of oxazole rings is 1. The van der Waals surface area contributed by atoms with Crippen molar-refractivity contribution in [3.63, 3.8) is 0 Å². The lowest BCUT2D eigenvalue weighted by molar-refractivity contribution is -0.118. The summed E-state index contributed by atoms with van der Waals surface area (Å²) in [5, 5.41) is 3.94. The minimum atomic E-state index is -0.264. The van der Waals surface area contributed by atoms with Gasteiger partial charge in [-0.1, -0.05) is 41.4 Å². The molecular formula is C24H20Cl2N2O3. The molecule has 7 heteroatoms. The van der Waals surface area contributed by atoms with Crippen molar-refractivity contribution in [3.8, 4) is 5.75 Å². The van der Waals surface area contributed by atoms with Crippen LogP contribution < -0.4 is 10.1 Å². The quantitative estimate of drug-likeness (QED) is 0.368. The molecule has 1 aromatic heterocycles. The van der Waals surface area contributed by atoms with E-state index in [0.29, 0.717) is 39.4 Å². The van der Waals surface area contributed by atoms with E-state index in [1.165, 1.54) is 0 Å². The Balaban J connectivity index is 1.35. The molecular weight excluding hydrogens is 435 g/mol. The van der Waals surface area contributed by atoms with Crippen LogP contribution in [0, 0.1) is 13.8 Å². The Bertz CT molecular complexity index is 1230. The molecule has 0 aliphatic rings. The fourth-order valence-electron chi connectivity index (χ4n) is 3.32. The molecule has 158 valence electrons. The molecule has 5 nitrogen and oxygen atoms in total. The van der Waals surface area contributed by atoms with Crippen molar-refractivity contribution >= 4 is 45.9 Å². The highest BCUT2D eigenvalue weighted by atomic mass is 35.5. The number of aromatic nitrogens is 1. The van der Waals surface area contributed by atoms with Gasteiger partial charge in [-0.15, -0.1) is 0 Å². The third-order valence-corrected chi connectivity index (χ3v) is 5.22. The number of hydrogen-bond acceptors (Lipinski definition) is 4. The average Bonchev–Trinajstić information content (AvgIpc) is 3.10. The number of benzene rings is 3. The zero-order valence-electron chi connectivity index (χ0n) is 17.0. The van der Waals surface area contributed by atoms with Crippen molar-refractivity contribution in [2.75, 3.05) is 11.9 Å². The van der Waals surface area contributed by atoms with Gasteiger partial charge in [0.15, 0.2) is 18.1 Å². The minimum absolute atomic E-state index is 0.128. The van der Waals surface area contributed by atoms with Crippen molar-refractivity contribution in [1.82, 2.24) is 4.98 Å². The molecule has 1 heterocycles. The van der Waals surface area contributed by atoms with Crippen molar-refractivity contribution in [2.45, 2.75) is 20.3 Å². The molecule has 0 aliphatic carbocycles. The van der Waals surface area contributed by atoms with Gasteiger partial charge in [-0.25, -0.2) is 4.98 Å². The van der Waals surface area contributed by atoms with Crippen molar-refractivity contribution in [2.24, 2.45) is 0 Å². The Hall–Kier alpha value is -3.02. The molecule has 0 bridgehead atoms. The molecule has 3 aromatic carbocycles. The van der Waals surface area contributed by atoms with Gasteiger partial charge >= 0.3 is 0 Å². The van der Waals surface area contributed by atoms with Gasteiger partial charge < -0.3 is 14.5 Å². The van der Waals surface area contributed by atoms with E-state index in [1.54, 1.807) is 18.2 Å². The summed E-state index contributed by atoms with van der Waals surface area (Å²) in [6.45, 7) is 3.73. The van der Waals surface area contributed by atoms with Crippen LogP contribution >= 0.6 is 23.2 Å². The van der Waals surface area contributed by atoms with E-state index in [0.717, 1.165) is 22.2 Å². The Morgan fingerprint density at radius 3 is 2.58 bits per heavy atom. The summed E-state index contributed by atoms with van der Waals surface area (Å²) in [5.41, 5.74) is 5.05. The van der Waals surface area contributed by atoms with Gasteiger partial charge in [-0.2, -0.15) is 0 Å². The number of halogens is 2. The zero-order valence-corrected chi connectivity index (χ0v) is 18.6. The van der Waals surface area contributed by atoms with E-state index in [9.17, 15) is 4.79 Å². The Kier molecular flexibility index (Phi) is 6.16. The van der Waals surface area contributed by atoms with Crippen LogP contribution in [0.3, 0.4) is 0 Å². The predicted octanol–water partition coefficient (Wildman–Crippen LogP) is 6.36. The molecule has 0 spiro atoms. The first-order valence-electron chi connectivity index (χ1n) is 9.71. The third kappa shape index (κ3) is 5.19. The molecule has 1 amide bonds. The third-order valence-electron chi connectivity index (χ3n) is 4.71. The van der Waals surface area contributed by atoms with Gasteiger partial charge in [-0.3, -0.25) is 4.79 Å². The first-order valence-corrected chi connectivity index (χ1v) is 10.5. The van der Waals surface area contributed by atoms with Crippen molar-refractivity contribution in [1.29, 1.82) is 0 Å². The Morgan fingerprint density at radius 1 is 1.06 bits per heavy atom. The number of nitrogens with one attached hydrogen (secondary N) is 1. The topological polar surface area (TPSA) is 64.4 Å². The zero-order chi connectivity index (χ0) is 22.0. The predicted molar refractivity (Wildman–Crippen MR) is 123 cm³/mol. The second-order valence-electron chi connectivity index (χ2n) is 7.32. The van der Waals surface area contributed by atoms with Crippen LogP contribution in [0.2, 0.25) is 10.0 Å². The van der Waals surface area contributed by atoms with Gasteiger partial charge in [0, 0.05) is 17.1 Å². The van der Waals surface area contributed by atoms with Crippen LogP contribution in [0.5, 0.6) is 5.75 Å². The highest BCUT2D eigenvalue weighted by Crippen LogP contribution is 2.29. The largest absolute Gasteiger partial charge is 0.482 e. The number of rotatable bonds is 6. The molecule has 0 saturated heterocycles. The van der Waals surface area contributed by atoms with Crippen LogP contribution in [-0.2, 0) is 11.2 Å². The summed E-state index contributed by atoms with van der Waals surface area (Å²) in [5.74, 6) is 0.866. The average molecular weight is 455 g/mol. The van der Waals surface area contributed by atoms with Crippen LogP contribution in [-0.4, -0.2) is 17.5 Å². The summed E-state index contributed by atoms with van der Waals surface area (Å²) < 4.78 is 11.4. The summed E-state index contributed by atoms with van der Waals surface area (Å²) >= 11 is 12.2. The molecule has 0 saturated carbocycles. The second kappa shape index (κ2) is 9.00. The summed E-state index contributed by atoms with van der Waals surface area (Å²) in [6.07, 6.45) is 0.537. The van der Waals surface area contributed by atoms with E-state index in [4.69, 9.17) is 32.4 Å². The van der Waals surface area contributed by atoms with E-state index in [1.807, 2.05) is 50.2 Å².